The second-order valence-electron chi connectivity index (χ2n) is 6.67. The van der Waals surface area contributed by atoms with E-state index in [-0.39, 0.29) is 0 Å². The second kappa shape index (κ2) is 8.16. The molecule has 1 aliphatic heterocycles. The van der Waals surface area contributed by atoms with Crippen molar-refractivity contribution in [1.29, 1.82) is 0 Å². The van der Waals surface area contributed by atoms with E-state index < -0.39 is 0 Å². The highest BCUT2D eigenvalue weighted by molar-refractivity contribution is 5.80. The molecule has 1 fully saturated rings. The van der Waals surface area contributed by atoms with Crippen LogP contribution in [0.3, 0.4) is 0 Å². The number of hydrogen-bond acceptors (Lipinski definition) is 2. The summed E-state index contributed by atoms with van der Waals surface area (Å²) in [6.45, 7) is 12.6. The number of nitrogens with one attached hydrogen (secondary N) is 1. The Morgan fingerprint density at radius 2 is 2.27 bits per heavy atom. The third kappa shape index (κ3) is 5.00. The molecule has 0 aliphatic carbocycles. The van der Waals surface area contributed by atoms with Crippen molar-refractivity contribution in [2.75, 3.05) is 19.6 Å². The molecule has 0 amide bonds. The smallest absolute Gasteiger partial charge is 0.194 e. The average Bonchev–Trinajstić information content (AvgIpc) is 2.91. The van der Waals surface area contributed by atoms with Gasteiger partial charge in [-0.1, -0.05) is 19.9 Å². The van der Waals surface area contributed by atoms with E-state index in [1.54, 1.807) is 0 Å². The lowest BCUT2D eigenvalue weighted by molar-refractivity contribution is 0.403. The van der Waals surface area contributed by atoms with Crippen LogP contribution in [0.4, 0.5) is 0 Å². The maximum Gasteiger partial charge on any atom is 0.194 e. The van der Waals surface area contributed by atoms with E-state index in [1.165, 1.54) is 12.8 Å². The fourth-order valence-electron chi connectivity index (χ4n) is 3.15. The molecule has 0 bridgehead atoms. The molecular weight excluding hydrogens is 272 g/mol. The predicted octanol–water partition coefficient (Wildman–Crippen LogP) is 3.22. The van der Waals surface area contributed by atoms with Gasteiger partial charge in [0.2, 0.25) is 0 Å². The van der Waals surface area contributed by atoms with E-state index in [0.717, 1.165) is 48.8 Å². The molecule has 1 aromatic rings. The maximum absolute atomic E-state index is 4.79. The van der Waals surface area contributed by atoms with Crippen molar-refractivity contribution >= 4 is 5.96 Å². The lowest BCUT2D eigenvalue weighted by Gasteiger charge is -2.22. The first-order valence-corrected chi connectivity index (χ1v) is 8.54. The normalized spacial score (nSPS) is 19.0. The topological polar surface area (TPSA) is 40.5 Å². The summed E-state index contributed by atoms with van der Waals surface area (Å²) in [6.07, 6.45) is 2.60. The molecule has 22 heavy (non-hydrogen) atoms. The summed E-state index contributed by atoms with van der Waals surface area (Å²) in [4.78, 5) is 11.7. The minimum Gasteiger partial charge on any atom is -0.357 e. The molecule has 1 atom stereocenters. The molecule has 4 nitrogen and oxygen atoms in total. The molecule has 1 unspecified atom stereocenters. The van der Waals surface area contributed by atoms with Crippen LogP contribution in [0, 0.1) is 18.8 Å². The number of likely N-dealkylation sites (tertiary alicyclic amines) is 1. The van der Waals surface area contributed by atoms with Crippen molar-refractivity contribution in [3.05, 3.63) is 29.6 Å². The fourth-order valence-corrected chi connectivity index (χ4v) is 3.15. The second-order valence-corrected chi connectivity index (χ2v) is 6.67. The van der Waals surface area contributed by atoms with Gasteiger partial charge in [0.25, 0.3) is 0 Å². The van der Waals surface area contributed by atoms with E-state index in [4.69, 9.17) is 4.99 Å². The molecule has 0 aromatic carbocycles. The lowest BCUT2D eigenvalue weighted by Crippen LogP contribution is -2.40. The van der Waals surface area contributed by atoms with Gasteiger partial charge in [0.15, 0.2) is 5.96 Å². The quantitative estimate of drug-likeness (QED) is 0.670. The van der Waals surface area contributed by atoms with Crippen molar-refractivity contribution in [3.8, 4) is 0 Å². The van der Waals surface area contributed by atoms with Crippen LogP contribution in [-0.4, -0.2) is 35.5 Å². The zero-order valence-electron chi connectivity index (χ0n) is 14.5. The van der Waals surface area contributed by atoms with Gasteiger partial charge in [-0.05, 0) is 50.7 Å². The average molecular weight is 302 g/mol. The Kier molecular flexibility index (Phi) is 6.22. The zero-order chi connectivity index (χ0) is 15.9. The molecule has 1 aliphatic rings. The minimum absolute atomic E-state index is 0.648. The van der Waals surface area contributed by atoms with Crippen LogP contribution in [-0.2, 0) is 6.54 Å². The van der Waals surface area contributed by atoms with Gasteiger partial charge < -0.3 is 10.2 Å². The third-order valence-electron chi connectivity index (χ3n) is 4.06. The van der Waals surface area contributed by atoms with Gasteiger partial charge in [0, 0.05) is 25.3 Å². The summed E-state index contributed by atoms with van der Waals surface area (Å²) in [5.41, 5.74) is 2.09. The predicted molar refractivity (Wildman–Crippen MR) is 92.9 cm³/mol. The van der Waals surface area contributed by atoms with Gasteiger partial charge in [-0.3, -0.25) is 4.98 Å². The highest BCUT2D eigenvalue weighted by Crippen LogP contribution is 2.23. The summed E-state index contributed by atoms with van der Waals surface area (Å²) < 4.78 is 0. The molecule has 2 rings (SSSR count). The Bertz CT molecular complexity index is 496. The minimum atomic E-state index is 0.648. The summed E-state index contributed by atoms with van der Waals surface area (Å²) in [7, 11) is 0. The Balaban J connectivity index is 1.99. The molecule has 122 valence electrons. The largest absolute Gasteiger partial charge is 0.357 e. The van der Waals surface area contributed by atoms with Crippen molar-refractivity contribution in [1.82, 2.24) is 15.2 Å². The van der Waals surface area contributed by atoms with Gasteiger partial charge in [-0.15, -0.1) is 0 Å². The van der Waals surface area contributed by atoms with Crippen LogP contribution in [0.25, 0.3) is 0 Å². The number of guanidine groups is 1. The number of rotatable bonds is 5. The van der Waals surface area contributed by atoms with Crippen LogP contribution >= 0.6 is 0 Å². The van der Waals surface area contributed by atoms with Crippen LogP contribution in [0.15, 0.2) is 23.2 Å². The first-order valence-electron chi connectivity index (χ1n) is 8.54. The number of aliphatic imine (C=N–C) groups is 1. The van der Waals surface area contributed by atoms with Gasteiger partial charge in [-0.2, -0.15) is 0 Å². The Hall–Kier alpha value is -1.58. The Labute approximate surface area is 135 Å². The van der Waals surface area contributed by atoms with Gasteiger partial charge in [-0.25, -0.2) is 4.99 Å². The zero-order valence-corrected chi connectivity index (χ0v) is 14.5. The van der Waals surface area contributed by atoms with Crippen molar-refractivity contribution < 1.29 is 0 Å². The lowest BCUT2D eigenvalue weighted by atomic mass is 9.97. The Morgan fingerprint density at radius 1 is 1.45 bits per heavy atom. The third-order valence-corrected chi connectivity index (χ3v) is 4.06. The Morgan fingerprint density at radius 3 is 2.95 bits per heavy atom. The molecule has 4 heteroatoms. The maximum atomic E-state index is 4.79. The first kappa shape index (κ1) is 16.8. The van der Waals surface area contributed by atoms with Gasteiger partial charge >= 0.3 is 0 Å². The molecule has 1 saturated heterocycles. The van der Waals surface area contributed by atoms with Crippen LogP contribution in [0.1, 0.15) is 45.0 Å². The number of pyridine rings is 1. The van der Waals surface area contributed by atoms with Crippen LogP contribution < -0.4 is 5.32 Å². The standard InChI is InChI=1S/C18H30N4/c1-5-19-18(20-12-17-8-6-7-15(4)21-17)22-10-9-16(13-22)11-14(2)3/h6-8,14,16H,5,9-13H2,1-4H3,(H,19,20). The molecule has 1 N–H and O–H groups in total. The first-order chi connectivity index (χ1) is 10.6. The van der Waals surface area contributed by atoms with Crippen molar-refractivity contribution in [3.63, 3.8) is 0 Å². The van der Waals surface area contributed by atoms with Gasteiger partial charge in [0.1, 0.15) is 0 Å². The van der Waals surface area contributed by atoms with E-state index in [2.05, 4.69) is 42.0 Å². The summed E-state index contributed by atoms with van der Waals surface area (Å²) in [6, 6.07) is 6.12. The summed E-state index contributed by atoms with van der Waals surface area (Å²) in [5, 5.41) is 3.43. The number of aryl methyl sites for hydroxylation is 1. The monoisotopic (exact) mass is 302 g/mol. The number of nitrogens with zero attached hydrogens (tertiary/aromatic N) is 3. The van der Waals surface area contributed by atoms with Crippen LogP contribution in [0.2, 0.25) is 0 Å². The van der Waals surface area contributed by atoms with Crippen molar-refractivity contribution in [2.24, 2.45) is 16.8 Å². The SMILES string of the molecule is CCNC(=NCc1cccc(C)n1)N1CCC(CC(C)C)C1. The van der Waals surface area contributed by atoms with Gasteiger partial charge in [0.05, 0.1) is 12.2 Å². The number of aromatic nitrogens is 1. The molecular formula is C18H30N4. The summed E-state index contributed by atoms with van der Waals surface area (Å²) in [5.74, 6) is 2.62. The molecule has 0 saturated carbocycles. The molecule has 1 aromatic heterocycles. The number of hydrogen-bond donors (Lipinski definition) is 1. The van der Waals surface area contributed by atoms with E-state index in [0.29, 0.717) is 6.54 Å². The molecule has 0 radical (unpaired) electrons. The fraction of sp³-hybridized carbons (Fsp3) is 0.667. The van der Waals surface area contributed by atoms with E-state index in [1.807, 2.05) is 19.1 Å². The highest BCUT2D eigenvalue weighted by Gasteiger charge is 2.25. The highest BCUT2D eigenvalue weighted by atomic mass is 15.3. The van der Waals surface area contributed by atoms with E-state index in [9.17, 15) is 0 Å². The summed E-state index contributed by atoms with van der Waals surface area (Å²) >= 11 is 0. The molecule has 0 spiro atoms. The van der Waals surface area contributed by atoms with E-state index >= 15 is 0 Å². The van der Waals surface area contributed by atoms with Crippen molar-refractivity contribution in [2.45, 2.75) is 47.1 Å². The molecule has 2 heterocycles. The van der Waals surface area contributed by atoms with Crippen LogP contribution in [0.5, 0.6) is 0 Å².